The fraction of sp³-hybridized carbons (Fsp3) is 0.941. The minimum Gasteiger partial charge on any atom is -0.396 e. The normalized spacial score (nSPS) is 49.2. The van der Waals surface area contributed by atoms with Gasteiger partial charge in [-0.15, -0.1) is 0 Å². The Balaban J connectivity index is 1.73. The van der Waals surface area contributed by atoms with Crippen LogP contribution in [0.25, 0.3) is 0 Å². The van der Waals surface area contributed by atoms with Gasteiger partial charge in [-0.05, 0) is 74.0 Å². The Morgan fingerprint density at radius 3 is 2.79 bits per heavy atom. The van der Waals surface area contributed by atoms with Crippen LogP contribution in [0.2, 0.25) is 0 Å². The summed E-state index contributed by atoms with van der Waals surface area (Å²) in [5, 5.41) is 18.5. The zero-order valence-corrected chi connectivity index (χ0v) is 12.1. The lowest BCUT2D eigenvalue weighted by Gasteiger charge is -2.51. The van der Waals surface area contributed by atoms with E-state index in [1.54, 1.807) is 0 Å². The van der Waals surface area contributed by atoms with E-state index in [4.69, 9.17) is 5.11 Å². The lowest BCUT2D eigenvalue weighted by atomic mass is 9.54. The predicted molar refractivity (Wildman–Crippen MR) is 75.2 cm³/mol. The molecular weight excluding hydrogens is 234 g/mol. The first kappa shape index (κ1) is 13.4. The van der Waals surface area contributed by atoms with E-state index in [0.717, 1.165) is 36.5 Å². The monoisotopic (exact) mass is 261 g/mol. The SMILES string of the molecule is C[C@@]12CC[C@H]3C[C@@H](CCO)CC[C@@H]3[C@H]1CC[C@H]2C#N. The lowest BCUT2D eigenvalue weighted by Crippen LogP contribution is -2.43. The minimum absolute atomic E-state index is 0.314. The molecule has 0 unspecified atom stereocenters. The first-order chi connectivity index (χ1) is 9.19. The van der Waals surface area contributed by atoms with Crippen molar-refractivity contribution in [2.24, 2.45) is 35.0 Å². The Bertz CT molecular complexity index is 374. The molecule has 2 nitrogen and oxygen atoms in total. The van der Waals surface area contributed by atoms with Crippen molar-refractivity contribution in [3.63, 3.8) is 0 Å². The van der Waals surface area contributed by atoms with Gasteiger partial charge in [0.15, 0.2) is 0 Å². The van der Waals surface area contributed by atoms with E-state index in [2.05, 4.69) is 13.0 Å². The summed E-state index contributed by atoms with van der Waals surface area (Å²) in [6.07, 6.45) is 10.0. The van der Waals surface area contributed by atoms with Gasteiger partial charge < -0.3 is 5.11 Å². The van der Waals surface area contributed by atoms with Gasteiger partial charge in [0, 0.05) is 6.61 Å². The molecule has 2 heteroatoms. The molecule has 0 aromatic rings. The highest BCUT2D eigenvalue weighted by atomic mass is 16.3. The number of nitrogens with zero attached hydrogens (tertiary/aromatic N) is 1. The van der Waals surface area contributed by atoms with Crippen molar-refractivity contribution in [3.05, 3.63) is 0 Å². The number of fused-ring (bicyclic) bond motifs is 3. The van der Waals surface area contributed by atoms with Crippen molar-refractivity contribution in [1.82, 2.24) is 0 Å². The fourth-order valence-corrected chi connectivity index (χ4v) is 5.73. The van der Waals surface area contributed by atoms with E-state index in [9.17, 15) is 5.26 Å². The third kappa shape index (κ3) is 2.11. The number of hydrogen-bond acceptors (Lipinski definition) is 2. The molecule has 1 N–H and O–H groups in total. The van der Waals surface area contributed by atoms with E-state index < -0.39 is 0 Å². The molecule has 0 heterocycles. The van der Waals surface area contributed by atoms with Crippen LogP contribution in [0, 0.1) is 46.3 Å². The summed E-state index contributed by atoms with van der Waals surface area (Å²) in [5.41, 5.74) is 0.319. The Morgan fingerprint density at radius 2 is 2.05 bits per heavy atom. The van der Waals surface area contributed by atoms with Gasteiger partial charge in [-0.1, -0.05) is 13.3 Å². The van der Waals surface area contributed by atoms with Crippen LogP contribution in [0.3, 0.4) is 0 Å². The van der Waals surface area contributed by atoms with Crippen LogP contribution >= 0.6 is 0 Å². The molecule has 0 bridgehead atoms. The van der Waals surface area contributed by atoms with E-state index in [0.29, 0.717) is 17.9 Å². The molecule has 3 saturated carbocycles. The van der Waals surface area contributed by atoms with Gasteiger partial charge in [0.1, 0.15) is 0 Å². The second-order valence-electron chi connectivity index (χ2n) is 7.53. The number of nitriles is 1. The van der Waals surface area contributed by atoms with E-state index in [-0.39, 0.29) is 0 Å². The maximum atomic E-state index is 9.40. The van der Waals surface area contributed by atoms with Crippen LogP contribution < -0.4 is 0 Å². The molecule has 0 radical (unpaired) electrons. The molecule has 3 aliphatic carbocycles. The van der Waals surface area contributed by atoms with Crippen molar-refractivity contribution < 1.29 is 5.11 Å². The minimum atomic E-state index is 0.314. The van der Waals surface area contributed by atoms with Gasteiger partial charge in [0.2, 0.25) is 0 Å². The number of hydrogen-bond donors (Lipinski definition) is 1. The molecule has 106 valence electrons. The van der Waals surface area contributed by atoms with Crippen molar-refractivity contribution in [2.45, 2.75) is 58.3 Å². The zero-order chi connectivity index (χ0) is 13.5. The van der Waals surface area contributed by atoms with Crippen LogP contribution in [0.15, 0.2) is 0 Å². The fourth-order valence-electron chi connectivity index (χ4n) is 5.73. The van der Waals surface area contributed by atoms with Gasteiger partial charge in [-0.25, -0.2) is 0 Å². The topological polar surface area (TPSA) is 44.0 Å². The molecule has 3 fully saturated rings. The third-order valence-electron chi connectivity index (χ3n) is 6.82. The van der Waals surface area contributed by atoms with Crippen LogP contribution in [0.5, 0.6) is 0 Å². The lowest BCUT2D eigenvalue weighted by molar-refractivity contribution is -0.0135. The maximum absolute atomic E-state index is 9.40. The van der Waals surface area contributed by atoms with Gasteiger partial charge in [0.25, 0.3) is 0 Å². The van der Waals surface area contributed by atoms with Gasteiger partial charge in [0.05, 0.1) is 12.0 Å². The van der Waals surface area contributed by atoms with Crippen LogP contribution in [0.1, 0.15) is 58.3 Å². The smallest absolute Gasteiger partial charge is 0.0661 e. The molecular formula is C17H27NO. The first-order valence-electron chi connectivity index (χ1n) is 8.19. The standard InChI is InChI=1S/C17H27NO/c1-17-8-6-13-10-12(7-9-19)2-4-15(13)16(17)5-3-14(17)11-18/h12-16,19H,2-10H2,1H3/t12-,13+,14+,15+,16-,17+/m1/s1. The third-order valence-corrected chi connectivity index (χ3v) is 6.82. The second kappa shape index (κ2) is 5.09. The molecule has 0 aliphatic heterocycles. The summed E-state index contributed by atoms with van der Waals surface area (Å²) < 4.78 is 0. The molecule has 3 rings (SSSR count). The molecule has 0 amide bonds. The van der Waals surface area contributed by atoms with E-state index >= 15 is 0 Å². The van der Waals surface area contributed by atoms with Crippen LogP contribution in [0.4, 0.5) is 0 Å². The second-order valence-corrected chi connectivity index (χ2v) is 7.53. The average molecular weight is 261 g/mol. The van der Waals surface area contributed by atoms with Gasteiger partial charge >= 0.3 is 0 Å². The molecule has 0 spiro atoms. The summed E-state index contributed by atoms with van der Waals surface area (Å²) >= 11 is 0. The molecule has 6 atom stereocenters. The van der Waals surface area contributed by atoms with Crippen molar-refractivity contribution in [1.29, 1.82) is 5.26 Å². The summed E-state index contributed by atoms with van der Waals surface area (Å²) in [6.45, 7) is 2.76. The molecule has 0 aromatic carbocycles. The predicted octanol–water partition coefficient (Wildman–Crippen LogP) is 3.75. The number of aliphatic hydroxyl groups excluding tert-OH is 1. The molecule has 3 aliphatic rings. The summed E-state index contributed by atoms with van der Waals surface area (Å²) in [5.74, 6) is 3.66. The van der Waals surface area contributed by atoms with Gasteiger partial charge in [-0.3, -0.25) is 0 Å². The summed E-state index contributed by atoms with van der Waals surface area (Å²) in [6, 6.07) is 2.60. The van der Waals surface area contributed by atoms with Crippen molar-refractivity contribution in [3.8, 4) is 6.07 Å². The van der Waals surface area contributed by atoms with Gasteiger partial charge in [-0.2, -0.15) is 5.26 Å². The molecule has 19 heavy (non-hydrogen) atoms. The highest BCUT2D eigenvalue weighted by molar-refractivity contribution is 5.09. The molecule has 0 aromatic heterocycles. The Hall–Kier alpha value is -0.550. The summed E-state index contributed by atoms with van der Waals surface area (Å²) in [7, 11) is 0. The Labute approximate surface area is 117 Å². The van der Waals surface area contributed by atoms with Crippen LogP contribution in [-0.4, -0.2) is 11.7 Å². The molecule has 0 saturated heterocycles. The maximum Gasteiger partial charge on any atom is 0.0661 e. The van der Waals surface area contributed by atoms with E-state index in [1.807, 2.05) is 0 Å². The van der Waals surface area contributed by atoms with Crippen molar-refractivity contribution >= 4 is 0 Å². The highest BCUT2D eigenvalue weighted by Crippen LogP contribution is 2.61. The number of aliphatic hydroxyl groups is 1. The zero-order valence-electron chi connectivity index (χ0n) is 12.1. The van der Waals surface area contributed by atoms with E-state index in [1.165, 1.54) is 38.5 Å². The Kier molecular flexibility index (Phi) is 3.60. The van der Waals surface area contributed by atoms with Crippen molar-refractivity contribution in [2.75, 3.05) is 6.61 Å². The first-order valence-corrected chi connectivity index (χ1v) is 8.19. The van der Waals surface area contributed by atoms with Crippen LogP contribution in [-0.2, 0) is 0 Å². The number of rotatable bonds is 2. The highest BCUT2D eigenvalue weighted by Gasteiger charge is 2.54. The summed E-state index contributed by atoms with van der Waals surface area (Å²) in [4.78, 5) is 0. The quantitative estimate of drug-likeness (QED) is 0.822. The largest absolute Gasteiger partial charge is 0.396 e. The average Bonchev–Trinajstić information content (AvgIpc) is 2.76. The Morgan fingerprint density at radius 1 is 1.21 bits per heavy atom.